The minimum absolute atomic E-state index is 0.0582. The van der Waals surface area contributed by atoms with Crippen LogP contribution in [0.15, 0.2) is 23.3 Å². The summed E-state index contributed by atoms with van der Waals surface area (Å²) in [5.41, 5.74) is 5.97. The van der Waals surface area contributed by atoms with Crippen molar-refractivity contribution >= 4 is 36.8 Å². The number of nitrogen functional groups attached to an aromatic ring is 1. The van der Waals surface area contributed by atoms with Crippen LogP contribution in [0.4, 0.5) is 10.7 Å². The van der Waals surface area contributed by atoms with Gasteiger partial charge in [0.15, 0.2) is 11.2 Å². The smallest absolute Gasteiger partial charge is 0.438 e. The van der Waals surface area contributed by atoms with Gasteiger partial charge in [0, 0.05) is 13.0 Å². The molecule has 16 heteroatoms. The molecule has 0 bridgehead atoms. The lowest BCUT2D eigenvalue weighted by Gasteiger charge is -2.19. The molecule has 0 fully saturated rings. The van der Waals surface area contributed by atoms with Crippen LogP contribution in [-0.2, 0) is 43.9 Å². The Labute approximate surface area is 212 Å². The summed E-state index contributed by atoms with van der Waals surface area (Å²) in [6, 6.07) is 0. The molecule has 0 aliphatic rings. The maximum absolute atomic E-state index is 13.1. The van der Waals surface area contributed by atoms with E-state index in [0.717, 1.165) is 0 Å². The topological polar surface area (TPSA) is 196 Å². The second-order valence-corrected chi connectivity index (χ2v) is 10.5. The number of nitrogens with two attached hydrogens (primary N) is 1. The van der Waals surface area contributed by atoms with Crippen molar-refractivity contribution in [1.82, 2.24) is 19.5 Å². The van der Waals surface area contributed by atoms with Gasteiger partial charge in [-0.2, -0.15) is 4.98 Å². The summed E-state index contributed by atoms with van der Waals surface area (Å²) in [5.74, 6) is -0.555. The van der Waals surface area contributed by atoms with Crippen LogP contribution in [0.2, 0.25) is 0 Å². The van der Waals surface area contributed by atoms with E-state index >= 15 is 0 Å². The monoisotopic (exact) mass is 545 g/mol. The van der Waals surface area contributed by atoms with Gasteiger partial charge in [-0.05, 0) is 25.3 Å². The summed E-state index contributed by atoms with van der Waals surface area (Å²) in [6.45, 7) is 9.44. The van der Waals surface area contributed by atoms with Crippen LogP contribution in [-0.4, -0.2) is 64.3 Å². The second-order valence-electron chi connectivity index (χ2n) is 8.50. The number of H-pyrrole nitrogens is 1. The van der Waals surface area contributed by atoms with Gasteiger partial charge in [-0.3, -0.25) is 28.2 Å². The molecule has 0 aliphatic carbocycles. The Morgan fingerprint density at radius 3 is 2.51 bits per heavy atom. The van der Waals surface area contributed by atoms with Crippen LogP contribution in [0.5, 0.6) is 0 Å². The van der Waals surface area contributed by atoms with Crippen molar-refractivity contribution in [3.63, 3.8) is 0 Å². The number of aromatic nitrogens is 4. The molecule has 0 saturated carbocycles. The molecule has 0 aromatic carbocycles. The van der Waals surface area contributed by atoms with Crippen LogP contribution in [0.1, 0.15) is 34.1 Å². The summed E-state index contributed by atoms with van der Waals surface area (Å²) in [4.78, 5) is 45.6. The minimum atomic E-state index is -4.05. The third-order valence-electron chi connectivity index (χ3n) is 4.24. The summed E-state index contributed by atoms with van der Waals surface area (Å²) in [6.07, 6.45) is -0.494. The molecule has 2 heterocycles. The standard InChI is InChI=1S/C21H32N5O10P/c1-13(2)6-16(27)32-10-34-37(30,35-11-33-21(29)36-14(3)4)12-31-8-15(5)7-26-9-23-17-18(26)24-20(22)25-19(17)28/h9,13-14H,5-8,10-12H2,1-4H3,(H3,22,24,25,28). The molecule has 2 aromatic heterocycles. The van der Waals surface area contributed by atoms with Crippen molar-refractivity contribution in [2.45, 2.75) is 46.8 Å². The predicted octanol–water partition coefficient (Wildman–Crippen LogP) is 2.52. The molecule has 37 heavy (non-hydrogen) atoms. The van der Waals surface area contributed by atoms with E-state index in [1.165, 1.54) is 6.33 Å². The lowest BCUT2D eigenvalue weighted by Crippen LogP contribution is -2.16. The fourth-order valence-corrected chi connectivity index (χ4v) is 3.70. The van der Waals surface area contributed by atoms with Gasteiger partial charge in [-0.15, -0.1) is 0 Å². The first-order valence-corrected chi connectivity index (χ1v) is 12.9. The second kappa shape index (κ2) is 13.9. The van der Waals surface area contributed by atoms with Gasteiger partial charge in [0.1, 0.15) is 6.35 Å². The van der Waals surface area contributed by atoms with Crippen LogP contribution >= 0.6 is 7.60 Å². The van der Waals surface area contributed by atoms with E-state index in [-0.39, 0.29) is 42.6 Å². The number of ether oxygens (including phenoxy) is 4. The zero-order chi connectivity index (χ0) is 27.6. The lowest BCUT2D eigenvalue weighted by molar-refractivity contribution is -0.151. The van der Waals surface area contributed by atoms with Gasteiger partial charge < -0.3 is 29.2 Å². The highest BCUT2D eigenvalue weighted by Crippen LogP contribution is 2.48. The average molecular weight is 545 g/mol. The highest BCUT2D eigenvalue weighted by Gasteiger charge is 2.27. The Hall–Kier alpha value is -3.26. The van der Waals surface area contributed by atoms with Gasteiger partial charge in [0.2, 0.25) is 19.5 Å². The predicted molar refractivity (Wildman–Crippen MR) is 130 cm³/mol. The molecule has 0 amide bonds. The van der Waals surface area contributed by atoms with Gasteiger partial charge >= 0.3 is 19.7 Å². The van der Waals surface area contributed by atoms with Crippen molar-refractivity contribution in [3.05, 3.63) is 28.8 Å². The van der Waals surface area contributed by atoms with E-state index in [9.17, 15) is 18.9 Å². The number of esters is 1. The Morgan fingerprint density at radius 1 is 1.19 bits per heavy atom. The van der Waals surface area contributed by atoms with Crippen LogP contribution in [0.3, 0.4) is 0 Å². The molecule has 0 radical (unpaired) electrons. The van der Waals surface area contributed by atoms with Gasteiger partial charge in [-0.25, -0.2) is 9.78 Å². The molecule has 206 valence electrons. The van der Waals surface area contributed by atoms with Crippen LogP contribution < -0.4 is 11.3 Å². The van der Waals surface area contributed by atoms with Gasteiger partial charge in [0.05, 0.1) is 19.0 Å². The summed E-state index contributed by atoms with van der Waals surface area (Å²) < 4.78 is 44.7. The number of rotatable bonds is 15. The van der Waals surface area contributed by atoms with Gasteiger partial charge in [-0.1, -0.05) is 20.4 Å². The number of anilines is 1. The number of nitrogens with one attached hydrogen (secondary N) is 1. The molecule has 0 spiro atoms. The Morgan fingerprint density at radius 2 is 1.86 bits per heavy atom. The van der Waals surface area contributed by atoms with E-state index in [4.69, 9.17) is 33.7 Å². The Kier molecular flexibility index (Phi) is 11.2. The highest BCUT2D eigenvalue weighted by molar-refractivity contribution is 7.53. The third kappa shape index (κ3) is 10.3. The first kappa shape index (κ1) is 30.0. The number of imidazole rings is 1. The molecule has 1 atom stereocenters. The van der Waals surface area contributed by atoms with E-state index < -0.39 is 51.3 Å². The maximum atomic E-state index is 13.1. The zero-order valence-electron chi connectivity index (χ0n) is 21.1. The molecular weight excluding hydrogens is 513 g/mol. The molecule has 2 aromatic rings. The van der Waals surface area contributed by atoms with Crippen molar-refractivity contribution in [2.75, 3.05) is 32.3 Å². The van der Waals surface area contributed by atoms with Crippen molar-refractivity contribution in [1.29, 1.82) is 0 Å². The summed E-state index contributed by atoms with van der Waals surface area (Å²) >= 11 is 0. The average Bonchev–Trinajstić information content (AvgIpc) is 3.15. The van der Waals surface area contributed by atoms with E-state index in [1.807, 2.05) is 13.8 Å². The number of hydrogen-bond acceptors (Lipinski definition) is 13. The van der Waals surface area contributed by atoms with Gasteiger partial charge in [0.25, 0.3) is 5.56 Å². The molecule has 3 N–H and O–H groups in total. The number of aromatic amines is 1. The first-order chi connectivity index (χ1) is 17.4. The molecule has 0 aliphatic heterocycles. The van der Waals surface area contributed by atoms with Crippen molar-refractivity contribution in [2.24, 2.45) is 5.92 Å². The number of nitrogens with zero attached hydrogens (tertiary/aromatic N) is 3. The number of hydrogen-bond donors (Lipinski definition) is 2. The maximum Gasteiger partial charge on any atom is 0.510 e. The largest absolute Gasteiger partial charge is 0.510 e. The number of fused-ring (bicyclic) bond motifs is 1. The molecule has 1 unspecified atom stereocenters. The number of carbonyl (C=O) groups is 2. The van der Waals surface area contributed by atoms with Crippen molar-refractivity contribution < 1.29 is 42.1 Å². The zero-order valence-corrected chi connectivity index (χ0v) is 22.0. The summed E-state index contributed by atoms with van der Waals surface area (Å²) in [5, 5.41) is 0. The molecule has 15 nitrogen and oxygen atoms in total. The fourth-order valence-electron chi connectivity index (χ4n) is 2.73. The molecule has 2 rings (SSSR count). The third-order valence-corrected chi connectivity index (χ3v) is 5.74. The molecular formula is C21H32N5O10P. The fraction of sp³-hybridized carbons (Fsp3) is 0.571. The minimum Gasteiger partial charge on any atom is -0.438 e. The normalized spacial score (nSPS) is 13.0. The summed E-state index contributed by atoms with van der Waals surface area (Å²) in [7, 11) is -4.05. The quantitative estimate of drug-likeness (QED) is 0.143. The highest BCUT2D eigenvalue weighted by atomic mass is 31.2. The van der Waals surface area contributed by atoms with E-state index in [1.54, 1.807) is 18.4 Å². The molecule has 0 saturated heterocycles. The number of carbonyl (C=O) groups excluding carboxylic acids is 2. The first-order valence-electron chi connectivity index (χ1n) is 11.2. The van der Waals surface area contributed by atoms with Crippen molar-refractivity contribution in [3.8, 4) is 0 Å². The SMILES string of the molecule is C=C(COCP(=O)(OCOC(=O)CC(C)C)OCOC(=O)OC(C)C)Cn1cnc2c(=O)[nH]c(N)nc21. The van der Waals surface area contributed by atoms with E-state index in [0.29, 0.717) is 5.57 Å². The lowest BCUT2D eigenvalue weighted by atomic mass is 10.1. The van der Waals surface area contributed by atoms with E-state index in [2.05, 4.69) is 21.5 Å². The Balaban J connectivity index is 1.93. The Bertz CT molecular complexity index is 1160. The van der Waals surface area contributed by atoms with Crippen LogP contribution in [0.25, 0.3) is 11.2 Å². The van der Waals surface area contributed by atoms with Crippen LogP contribution in [0, 0.1) is 5.92 Å².